The number of carbonyl (C=O) groups excluding carboxylic acids is 1. The SMILES string of the molecule is Cc1nc(-c2ccccc2)oc1C(=O)N1CC2(CCC2)[C@@H]2COC[C@H]21. The summed E-state index contributed by atoms with van der Waals surface area (Å²) >= 11 is 0. The molecule has 130 valence electrons. The molecule has 25 heavy (non-hydrogen) atoms. The van der Waals surface area contributed by atoms with Gasteiger partial charge in [0.25, 0.3) is 5.91 Å². The molecular formula is C20H22N2O3. The molecule has 2 aliphatic heterocycles. The fraction of sp³-hybridized carbons (Fsp3) is 0.500. The summed E-state index contributed by atoms with van der Waals surface area (Å²) in [6.07, 6.45) is 3.70. The molecule has 2 aromatic rings. The Bertz CT molecular complexity index is 810. The monoisotopic (exact) mass is 338 g/mol. The Labute approximate surface area is 147 Å². The summed E-state index contributed by atoms with van der Waals surface area (Å²) < 4.78 is 11.6. The van der Waals surface area contributed by atoms with Crippen LogP contribution >= 0.6 is 0 Å². The summed E-state index contributed by atoms with van der Waals surface area (Å²) in [5.74, 6) is 1.34. The second kappa shape index (κ2) is 5.43. The number of oxazole rings is 1. The van der Waals surface area contributed by atoms with Gasteiger partial charge in [0.2, 0.25) is 11.7 Å². The Hall–Kier alpha value is -2.14. The van der Waals surface area contributed by atoms with Crippen molar-refractivity contribution in [1.29, 1.82) is 0 Å². The lowest BCUT2D eigenvalue weighted by molar-refractivity contribution is 0.0437. The Morgan fingerprint density at radius 1 is 1.24 bits per heavy atom. The zero-order valence-electron chi connectivity index (χ0n) is 14.4. The van der Waals surface area contributed by atoms with Gasteiger partial charge in [0.05, 0.1) is 24.9 Å². The van der Waals surface area contributed by atoms with Gasteiger partial charge in [-0.1, -0.05) is 24.6 Å². The van der Waals surface area contributed by atoms with Gasteiger partial charge >= 0.3 is 0 Å². The van der Waals surface area contributed by atoms with Crippen LogP contribution in [0.2, 0.25) is 0 Å². The van der Waals surface area contributed by atoms with Crippen LogP contribution in [0.5, 0.6) is 0 Å². The number of benzene rings is 1. The molecule has 2 saturated heterocycles. The molecule has 2 atom stereocenters. The molecule has 0 radical (unpaired) electrons. The minimum absolute atomic E-state index is 0.0311. The topological polar surface area (TPSA) is 55.6 Å². The van der Waals surface area contributed by atoms with E-state index in [1.165, 1.54) is 19.3 Å². The van der Waals surface area contributed by atoms with Crippen molar-refractivity contribution in [1.82, 2.24) is 9.88 Å². The number of carbonyl (C=O) groups is 1. The standard InChI is InChI=1S/C20H22N2O3/c1-13-17(25-18(21-13)14-6-3-2-4-7-14)19(23)22-12-20(8-5-9-20)15-10-24-11-16(15)22/h2-4,6-7,15-16H,5,8-12H2,1H3/t15-,16-/m1/s1. The van der Waals surface area contributed by atoms with Crippen LogP contribution in [-0.4, -0.2) is 41.6 Å². The van der Waals surface area contributed by atoms with Gasteiger partial charge in [-0.3, -0.25) is 4.79 Å². The molecule has 5 rings (SSSR count). The first-order valence-electron chi connectivity index (χ1n) is 9.09. The van der Waals surface area contributed by atoms with E-state index in [0.717, 1.165) is 18.7 Å². The summed E-state index contributed by atoms with van der Waals surface area (Å²) in [4.78, 5) is 19.7. The van der Waals surface area contributed by atoms with E-state index < -0.39 is 0 Å². The van der Waals surface area contributed by atoms with E-state index in [1.807, 2.05) is 42.2 Å². The van der Waals surface area contributed by atoms with E-state index >= 15 is 0 Å². The van der Waals surface area contributed by atoms with Crippen LogP contribution in [0.1, 0.15) is 35.5 Å². The van der Waals surface area contributed by atoms with Crippen molar-refractivity contribution in [3.05, 3.63) is 41.8 Å². The third-order valence-electron chi connectivity index (χ3n) is 6.34. The van der Waals surface area contributed by atoms with E-state index in [-0.39, 0.29) is 17.4 Å². The lowest BCUT2D eigenvalue weighted by Gasteiger charge is -2.41. The summed E-state index contributed by atoms with van der Waals surface area (Å²) in [5.41, 5.74) is 1.84. The highest BCUT2D eigenvalue weighted by atomic mass is 16.5. The molecule has 0 bridgehead atoms. The van der Waals surface area contributed by atoms with Crippen LogP contribution in [0.4, 0.5) is 0 Å². The number of likely N-dealkylation sites (tertiary alicyclic amines) is 1. The molecule has 3 heterocycles. The van der Waals surface area contributed by atoms with E-state index in [9.17, 15) is 4.79 Å². The van der Waals surface area contributed by atoms with Crippen molar-refractivity contribution in [2.75, 3.05) is 19.8 Å². The fourth-order valence-corrected chi connectivity index (χ4v) is 4.82. The van der Waals surface area contributed by atoms with Gasteiger partial charge in [0.1, 0.15) is 0 Å². The smallest absolute Gasteiger partial charge is 0.291 e. The van der Waals surface area contributed by atoms with Gasteiger partial charge in [0, 0.05) is 18.0 Å². The van der Waals surface area contributed by atoms with Gasteiger partial charge in [-0.15, -0.1) is 0 Å². The number of amides is 1. The van der Waals surface area contributed by atoms with Crippen LogP contribution in [0, 0.1) is 18.3 Å². The number of nitrogens with zero attached hydrogens (tertiary/aromatic N) is 2. The Kier molecular flexibility index (Phi) is 3.29. The average molecular weight is 338 g/mol. The van der Waals surface area contributed by atoms with Gasteiger partial charge < -0.3 is 14.1 Å². The molecule has 0 unspecified atom stereocenters. The molecule has 1 aromatic heterocycles. The van der Waals surface area contributed by atoms with Crippen LogP contribution < -0.4 is 0 Å². The maximum Gasteiger partial charge on any atom is 0.291 e. The third-order valence-corrected chi connectivity index (χ3v) is 6.34. The highest BCUT2D eigenvalue weighted by Crippen LogP contribution is 2.56. The summed E-state index contributed by atoms with van der Waals surface area (Å²) in [6, 6.07) is 9.92. The predicted molar refractivity (Wildman–Crippen MR) is 92.1 cm³/mol. The van der Waals surface area contributed by atoms with E-state index in [0.29, 0.717) is 29.9 Å². The number of ether oxygens (including phenoxy) is 1. The average Bonchev–Trinajstić information content (AvgIpc) is 3.27. The molecular weight excluding hydrogens is 316 g/mol. The third kappa shape index (κ3) is 2.18. The van der Waals surface area contributed by atoms with Crippen molar-refractivity contribution in [3.8, 4) is 11.5 Å². The zero-order valence-corrected chi connectivity index (χ0v) is 14.4. The lowest BCUT2D eigenvalue weighted by atomic mass is 9.62. The molecule has 1 saturated carbocycles. The van der Waals surface area contributed by atoms with Crippen LogP contribution in [0.15, 0.2) is 34.7 Å². The molecule has 3 fully saturated rings. The number of rotatable bonds is 2. The number of hydrogen-bond donors (Lipinski definition) is 0. The number of hydrogen-bond acceptors (Lipinski definition) is 4. The van der Waals surface area contributed by atoms with Crippen molar-refractivity contribution < 1.29 is 13.9 Å². The summed E-state index contributed by atoms with van der Waals surface area (Å²) in [6.45, 7) is 4.13. The van der Waals surface area contributed by atoms with Crippen molar-refractivity contribution in [2.24, 2.45) is 11.3 Å². The molecule has 3 aliphatic rings. The van der Waals surface area contributed by atoms with Gasteiger partial charge in [-0.05, 0) is 37.3 Å². The van der Waals surface area contributed by atoms with Gasteiger partial charge in [-0.2, -0.15) is 0 Å². The lowest BCUT2D eigenvalue weighted by Crippen LogP contribution is -2.40. The van der Waals surface area contributed by atoms with Crippen molar-refractivity contribution >= 4 is 5.91 Å². The zero-order chi connectivity index (χ0) is 17.0. The number of aryl methyl sites for hydroxylation is 1. The van der Waals surface area contributed by atoms with Crippen LogP contribution in [0.3, 0.4) is 0 Å². The quantitative estimate of drug-likeness (QED) is 0.843. The Morgan fingerprint density at radius 3 is 2.76 bits per heavy atom. The van der Waals surface area contributed by atoms with Gasteiger partial charge in [0.15, 0.2) is 0 Å². The second-order valence-corrected chi connectivity index (χ2v) is 7.66. The summed E-state index contributed by atoms with van der Waals surface area (Å²) in [5, 5.41) is 0. The maximum absolute atomic E-state index is 13.2. The Balaban J connectivity index is 1.46. The number of fused-ring (bicyclic) bond motifs is 2. The van der Waals surface area contributed by atoms with Crippen molar-refractivity contribution in [2.45, 2.75) is 32.2 Å². The molecule has 0 N–H and O–H groups in total. The normalized spacial score (nSPS) is 26.7. The van der Waals surface area contributed by atoms with Crippen LogP contribution in [0.25, 0.3) is 11.5 Å². The van der Waals surface area contributed by atoms with E-state index in [2.05, 4.69) is 4.98 Å². The first-order chi connectivity index (χ1) is 12.2. The first-order valence-corrected chi connectivity index (χ1v) is 9.09. The minimum atomic E-state index is -0.0311. The molecule has 1 amide bonds. The maximum atomic E-state index is 13.2. The summed E-state index contributed by atoms with van der Waals surface area (Å²) in [7, 11) is 0. The molecule has 5 heteroatoms. The Morgan fingerprint density at radius 2 is 2.04 bits per heavy atom. The van der Waals surface area contributed by atoms with E-state index in [1.54, 1.807) is 0 Å². The van der Waals surface area contributed by atoms with Crippen molar-refractivity contribution in [3.63, 3.8) is 0 Å². The van der Waals surface area contributed by atoms with Gasteiger partial charge in [-0.25, -0.2) is 4.98 Å². The highest BCUT2D eigenvalue weighted by Gasteiger charge is 2.58. The van der Waals surface area contributed by atoms with E-state index in [4.69, 9.17) is 9.15 Å². The molecule has 5 nitrogen and oxygen atoms in total. The highest BCUT2D eigenvalue weighted by molar-refractivity contribution is 5.93. The number of aromatic nitrogens is 1. The largest absolute Gasteiger partial charge is 0.431 e. The first kappa shape index (κ1) is 15.1. The van der Waals surface area contributed by atoms with Crippen LogP contribution in [-0.2, 0) is 4.74 Å². The molecule has 1 spiro atoms. The predicted octanol–water partition coefficient (Wildman–Crippen LogP) is 3.29. The minimum Gasteiger partial charge on any atom is -0.431 e. The fourth-order valence-electron chi connectivity index (χ4n) is 4.82. The molecule has 1 aromatic carbocycles. The second-order valence-electron chi connectivity index (χ2n) is 7.66. The molecule has 1 aliphatic carbocycles.